The van der Waals surface area contributed by atoms with Gasteiger partial charge in [-0.15, -0.1) is 11.6 Å². The van der Waals surface area contributed by atoms with Gasteiger partial charge in [-0.1, -0.05) is 12.8 Å². The second-order valence-corrected chi connectivity index (χ2v) is 9.03. The van der Waals surface area contributed by atoms with Crippen molar-refractivity contribution in [3.05, 3.63) is 0 Å². The summed E-state index contributed by atoms with van der Waals surface area (Å²) in [6.07, 6.45) is 13.7. The van der Waals surface area contributed by atoms with Gasteiger partial charge in [0.05, 0.1) is 5.54 Å². The third-order valence-electron chi connectivity index (χ3n) is 6.92. The smallest absolute Gasteiger partial charge is 0.221 e. The molecule has 5 aliphatic rings. The maximum Gasteiger partial charge on any atom is 0.221 e. The normalized spacial score (nSPS) is 43.2. The molecule has 0 aromatic rings. The highest BCUT2D eigenvalue weighted by atomic mass is 35.5. The van der Waals surface area contributed by atoms with Gasteiger partial charge in [-0.05, 0) is 74.5 Å². The summed E-state index contributed by atoms with van der Waals surface area (Å²) >= 11 is 6.17. The van der Waals surface area contributed by atoms with Crippen LogP contribution in [0.15, 0.2) is 0 Å². The van der Waals surface area contributed by atoms with E-state index in [0.717, 1.165) is 37.0 Å². The standard InChI is InChI=1S/C18H28ClNO/c19-12-18(3-1-2-4-18)20-16(21)11-17-8-13-5-14(9-17)7-15(6-13)10-17/h13-15H,1-12H2,(H,20,21). The number of carbonyl (C=O) groups is 1. The van der Waals surface area contributed by atoms with Gasteiger partial charge in [0.2, 0.25) is 5.91 Å². The molecule has 1 N–H and O–H groups in total. The highest BCUT2D eigenvalue weighted by molar-refractivity contribution is 6.18. The van der Waals surface area contributed by atoms with Crippen molar-refractivity contribution in [3.63, 3.8) is 0 Å². The molecule has 5 aliphatic carbocycles. The van der Waals surface area contributed by atoms with Gasteiger partial charge < -0.3 is 5.32 Å². The van der Waals surface area contributed by atoms with Gasteiger partial charge in [0.15, 0.2) is 0 Å². The summed E-state index contributed by atoms with van der Waals surface area (Å²) in [7, 11) is 0. The first-order chi connectivity index (χ1) is 10.1. The van der Waals surface area contributed by atoms with Crippen molar-refractivity contribution in [2.24, 2.45) is 23.2 Å². The molecule has 5 fully saturated rings. The fourth-order valence-corrected chi connectivity index (χ4v) is 6.86. The van der Waals surface area contributed by atoms with Crippen LogP contribution in [0.1, 0.15) is 70.6 Å². The van der Waals surface area contributed by atoms with Gasteiger partial charge >= 0.3 is 0 Å². The van der Waals surface area contributed by atoms with Crippen LogP contribution in [-0.4, -0.2) is 17.3 Å². The van der Waals surface area contributed by atoms with Crippen molar-refractivity contribution in [2.75, 3.05) is 5.88 Å². The minimum atomic E-state index is -0.0824. The molecule has 0 aromatic heterocycles. The largest absolute Gasteiger partial charge is 0.349 e. The zero-order chi connectivity index (χ0) is 14.5. The van der Waals surface area contributed by atoms with Crippen LogP contribution in [0.3, 0.4) is 0 Å². The molecular formula is C18H28ClNO. The highest BCUT2D eigenvalue weighted by Gasteiger charge is 2.51. The molecule has 0 aliphatic heterocycles. The Hall–Kier alpha value is -0.240. The van der Waals surface area contributed by atoms with E-state index in [-0.39, 0.29) is 5.54 Å². The van der Waals surface area contributed by atoms with E-state index in [1.54, 1.807) is 0 Å². The fraction of sp³-hybridized carbons (Fsp3) is 0.944. The van der Waals surface area contributed by atoms with Crippen molar-refractivity contribution in [1.82, 2.24) is 5.32 Å². The van der Waals surface area contributed by atoms with E-state index >= 15 is 0 Å². The van der Waals surface area contributed by atoms with Gasteiger partial charge in [-0.2, -0.15) is 0 Å². The van der Waals surface area contributed by atoms with Gasteiger partial charge in [0, 0.05) is 12.3 Å². The third-order valence-corrected chi connectivity index (χ3v) is 7.43. The first-order valence-corrected chi connectivity index (χ1v) is 9.51. The lowest BCUT2D eigenvalue weighted by molar-refractivity contribution is -0.131. The first-order valence-electron chi connectivity index (χ1n) is 8.97. The lowest BCUT2D eigenvalue weighted by Crippen LogP contribution is -2.52. The van der Waals surface area contributed by atoms with Gasteiger partial charge in [0.25, 0.3) is 0 Å². The summed E-state index contributed by atoms with van der Waals surface area (Å²) in [5.74, 6) is 3.66. The Bertz CT molecular complexity index is 392. The molecule has 118 valence electrons. The molecule has 5 rings (SSSR count). The van der Waals surface area contributed by atoms with Crippen LogP contribution < -0.4 is 5.32 Å². The maximum absolute atomic E-state index is 12.7. The Labute approximate surface area is 133 Å². The number of carbonyl (C=O) groups excluding carboxylic acids is 1. The average Bonchev–Trinajstić information content (AvgIpc) is 2.85. The fourth-order valence-electron chi connectivity index (χ4n) is 6.53. The summed E-state index contributed by atoms with van der Waals surface area (Å²) in [6.45, 7) is 0. The first kappa shape index (κ1) is 14.4. The summed E-state index contributed by atoms with van der Waals surface area (Å²) in [5, 5.41) is 3.35. The van der Waals surface area contributed by atoms with Crippen molar-refractivity contribution in [2.45, 2.75) is 76.2 Å². The molecule has 0 radical (unpaired) electrons. The van der Waals surface area contributed by atoms with Crippen molar-refractivity contribution < 1.29 is 4.79 Å². The van der Waals surface area contributed by atoms with Crippen LogP contribution in [0.5, 0.6) is 0 Å². The highest BCUT2D eigenvalue weighted by Crippen LogP contribution is 2.61. The number of amides is 1. The molecule has 0 heterocycles. The molecule has 0 saturated heterocycles. The molecule has 0 aromatic carbocycles. The quantitative estimate of drug-likeness (QED) is 0.772. The lowest BCUT2D eigenvalue weighted by Gasteiger charge is -2.56. The lowest BCUT2D eigenvalue weighted by atomic mass is 9.49. The van der Waals surface area contributed by atoms with Crippen molar-refractivity contribution in [3.8, 4) is 0 Å². The number of rotatable bonds is 4. The van der Waals surface area contributed by atoms with E-state index in [2.05, 4.69) is 5.32 Å². The molecule has 4 bridgehead atoms. The van der Waals surface area contributed by atoms with Gasteiger partial charge in [-0.25, -0.2) is 0 Å². The number of hydrogen-bond donors (Lipinski definition) is 1. The molecule has 21 heavy (non-hydrogen) atoms. The average molecular weight is 310 g/mol. The molecule has 0 spiro atoms. The molecule has 5 saturated carbocycles. The van der Waals surface area contributed by atoms with E-state index in [4.69, 9.17) is 11.6 Å². The number of hydrogen-bond acceptors (Lipinski definition) is 1. The van der Waals surface area contributed by atoms with Crippen LogP contribution in [-0.2, 0) is 4.79 Å². The number of alkyl halides is 1. The Morgan fingerprint density at radius 2 is 1.52 bits per heavy atom. The predicted molar refractivity (Wildman–Crippen MR) is 85.3 cm³/mol. The van der Waals surface area contributed by atoms with E-state index in [1.165, 1.54) is 51.4 Å². The van der Waals surface area contributed by atoms with Crippen LogP contribution in [0.2, 0.25) is 0 Å². The van der Waals surface area contributed by atoms with Gasteiger partial charge in [0.1, 0.15) is 0 Å². The van der Waals surface area contributed by atoms with Crippen LogP contribution in [0.25, 0.3) is 0 Å². The van der Waals surface area contributed by atoms with E-state index in [9.17, 15) is 4.79 Å². The summed E-state index contributed by atoms with van der Waals surface area (Å²) < 4.78 is 0. The minimum absolute atomic E-state index is 0.0824. The maximum atomic E-state index is 12.7. The summed E-state index contributed by atoms with van der Waals surface area (Å²) in [5.41, 5.74) is 0.270. The molecule has 1 amide bonds. The molecule has 3 heteroatoms. The Balaban J connectivity index is 1.42. The minimum Gasteiger partial charge on any atom is -0.349 e. The van der Waals surface area contributed by atoms with Crippen molar-refractivity contribution in [1.29, 1.82) is 0 Å². The second kappa shape index (κ2) is 5.15. The summed E-state index contributed by atoms with van der Waals surface area (Å²) in [6, 6.07) is 0. The molecule has 2 nitrogen and oxygen atoms in total. The third kappa shape index (κ3) is 2.62. The van der Waals surface area contributed by atoms with E-state index in [0.29, 0.717) is 17.2 Å². The van der Waals surface area contributed by atoms with E-state index < -0.39 is 0 Å². The second-order valence-electron chi connectivity index (χ2n) is 8.76. The monoisotopic (exact) mass is 309 g/mol. The van der Waals surface area contributed by atoms with E-state index in [1.807, 2.05) is 0 Å². The zero-order valence-electron chi connectivity index (χ0n) is 13.0. The van der Waals surface area contributed by atoms with Crippen LogP contribution in [0.4, 0.5) is 0 Å². The Kier molecular flexibility index (Phi) is 3.52. The predicted octanol–water partition coefficient (Wildman–Crippen LogP) is 4.26. The molecule has 0 atom stereocenters. The Morgan fingerprint density at radius 1 is 1.00 bits per heavy atom. The van der Waals surface area contributed by atoms with Crippen molar-refractivity contribution >= 4 is 17.5 Å². The Morgan fingerprint density at radius 3 is 2.00 bits per heavy atom. The van der Waals surface area contributed by atoms with Crippen LogP contribution >= 0.6 is 11.6 Å². The topological polar surface area (TPSA) is 29.1 Å². The van der Waals surface area contributed by atoms with Crippen LogP contribution in [0, 0.1) is 23.2 Å². The zero-order valence-corrected chi connectivity index (χ0v) is 13.8. The SMILES string of the molecule is O=C(CC12CC3CC(CC(C3)C1)C2)NC1(CCl)CCCC1. The number of halogens is 1. The molecule has 0 unspecified atom stereocenters. The van der Waals surface area contributed by atoms with Gasteiger partial charge in [-0.3, -0.25) is 4.79 Å². The molecular weight excluding hydrogens is 282 g/mol. The number of nitrogens with one attached hydrogen (secondary N) is 1. The summed E-state index contributed by atoms with van der Waals surface area (Å²) in [4.78, 5) is 12.7.